The number of H-pyrrole nitrogens is 2. The molecule has 7 nitrogen and oxygen atoms in total. The Labute approximate surface area is 65.9 Å². The van der Waals surface area contributed by atoms with Gasteiger partial charge in [0.1, 0.15) is 5.69 Å². The van der Waals surface area contributed by atoms with Crippen LogP contribution in [0.3, 0.4) is 0 Å². The summed E-state index contributed by atoms with van der Waals surface area (Å²) in [5.41, 5.74) is -0.00681. The average molecular weight is 164 g/mol. The molecule has 0 unspecified atom stereocenters. The Morgan fingerprint density at radius 1 is 1.42 bits per heavy atom. The topological polar surface area (TPSA) is 100 Å². The summed E-state index contributed by atoms with van der Waals surface area (Å²) in [5.74, 6) is 0.376. The molecule has 2 heterocycles. The molecule has 0 aliphatic heterocycles. The number of tetrazole rings is 1. The summed E-state index contributed by atoms with van der Waals surface area (Å²) in [6.07, 6.45) is 1.48. The maximum atomic E-state index is 10.7. The largest absolute Gasteiger partial charge is 0.345 e. The van der Waals surface area contributed by atoms with Crippen LogP contribution in [0, 0.1) is 0 Å². The molecule has 0 atom stereocenters. The summed E-state index contributed by atoms with van der Waals surface area (Å²) in [6, 6.07) is 1.60. The van der Waals surface area contributed by atoms with E-state index in [0.717, 1.165) is 0 Å². The molecule has 2 aromatic heterocycles. The van der Waals surface area contributed by atoms with Crippen molar-refractivity contribution in [2.45, 2.75) is 0 Å². The Balaban J connectivity index is 2.55. The second-order valence-electron chi connectivity index (χ2n) is 2.03. The van der Waals surface area contributed by atoms with Gasteiger partial charge in [0.05, 0.1) is 0 Å². The zero-order valence-corrected chi connectivity index (χ0v) is 5.85. The highest BCUT2D eigenvalue weighted by Gasteiger charge is 2.01. The number of hydrogen-bond donors (Lipinski definition) is 2. The zero-order chi connectivity index (χ0) is 8.39. The smallest absolute Gasteiger partial charge is 0.313 e. The lowest BCUT2D eigenvalue weighted by Crippen LogP contribution is -2.09. The first-order valence-electron chi connectivity index (χ1n) is 3.16. The molecule has 0 aliphatic rings. The summed E-state index contributed by atoms with van der Waals surface area (Å²) >= 11 is 0. The highest BCUT2D eigenvalue weighted by Crippen LogP contribution is 2.03. The normalized spacial score (nSPS) is 10.0. The SMILES string of the molecule is O=c1nc(-c2nnn[nH]2)cc[nH]1. The van der Waals surface area contributed by atoms with Crippen LogP contribution in [0.5, 0.6) is 0 Å². The Morgan fingerprint density at radius 2 is 2.33 bits per heavy atom. The molecule has 2 aromatic rings. The van der Waals surface area contributed by atoms with Crippen LogP contribution in [-0.2, 0) is 0 Å². The van der Waals surface area contributed by atoms with Crippen molar-refractivity contribution in [2.75, 3.05) is 0 Å². The van der Waals surface area contributed by atoms with Gasteiger partial charge in [0.15, 0.2) is 5.82 Å². The van der Waals surface area contributed by atoms with Crippen LogP contribution in [-0.4, -0.2) is 30.6 Å². The van der Waals surface area contributed by atoms with Crippen molar-refractivity contribution in [2.24, 2.45) is 0 Å². The van der Waals surface area contributed by atoms with Gasteiger partial charge in [0.25, 0.3) is 0 Å². The molecule has 12 heavy (non-hydrogen) atoms. The van der Waals surface area contributed by atoms with Crippen molar-refractivity contribution < 1.29 is 0 Å². The van der Waals surface area contributed by atoms with Gasteiger partial charge in [-0.25, -0.2) is 9.89 Å². The second kappa shape index (κ2) is 2.53. The molecule has 2 rings (SSSR count). The molecule has 0 aliphatic carbocycles. The molecule has 0 spiro atoms. The van der Waals surface area contributed by atoms with Crippen molar-refractivity contribution in [1.29, 1.82) is 0 Å². The highest BCUT2D eigenvalue weighted by atomic mass is 16.1. The maximum Gasteiger partial charge on any atom is 0.345 e. The minimum atomic E-state index is -0.427. The predicted molar refractivity (Wildman–Crippen MR) is 38.0 cm³/mol. The fourth-order valence-electron chi connectivity index (χ4n) is 0.770. The first-order chi connectivity index (χ1) is 5.86. The molecule has 0 aromatic carbocycles. The molecule has 2 N–H and O–H groups in total. The monoisotopic (exact) mass is 164 g/mol. The third-order valence-corrected chi connectivity index (χ3v) is 1.26. The van der Waals surface area contributed by atoms with E-state index in [1.54, 1.807) is 6.07 Å². The van der Waals surface area contributed by atoms with Gasteiger partial charge in [0.2, 0.25) is 0 Å². The summed E-state index contributed by atoms with van der Waals surface area (Å²) in [7, 11) is 0. The van der Waals surface area contributed by atoms with Crippen molar-refractivity contribution in [3.63, 3.8) is 0 Å². The van der Waals surface area contributed by atoms with E-state index >= 15 is 0 Å². The first kappa shape index (κ1) is 6.65. The first-order valence-corrected chi connectivity index (χ1v) is 3.16. The highest BCUT2D eigenvalue weighted by molar-refractivity contribution is 5.45. The summed E-state index contributed by atoms with van der Waals surface area (Å²) in [4.78, 5) is 16.8. The fraction of sp³-hybridized carbons (Fsp3) is 0. The minimum absolute atomic E-state index is 0.376. The van der Waals surface area contributed by atoms with Gasteiger partial charge >= 0.3 is 5.69 Å². The molecule has 0 fully saturated rings. The van der Waals surface area contributed by atoms with E-state index in [1.165, 1.54) is 6.20 Å². The minimum Gasteiger partial charge on any atom is -0.313 e. The Kier molecular flexibility index (Phi) is 1.40. The molecule has 0 radical (unpaired) electrons. The van der Waals surface area contributed by atoms with E-state index in [0.29, 0.717) is 11.5 Å². The van der Waals surface area contributed by atoms with Gasteiger partial charge in [-0.3, -0.25) is 0 Å². The van der Waals surface area contributed by atoms with Crippen molar-refractivity contribution in [1.82, 2.24) is 30.6 Å². The molecule has 7 heteroatoms. The fourth-order valence-corrected chi connectivity index (χ4v) is 0.770. The number of aromatic amines is 2. The molecule has 0 saturated carbocycles. The molecular weight excluding hydrogens is 160 g/mol. The summed E-state index contributed by atoms with van der Waals surface area (Å²) in [6.45, 7) is 0. The summed E-state index contributed by atoms with van der Waals surface area (Å²) < 4.78 is 0. The van der Waals surface area contributed by atoms with Gasteiger partial charge < -0.3 is 4.98 Å². The predicted octanol–water partition coefficient (Wildman–Crippen LogP) is -1.05. The number of rotatable bonds is 1. The lowest BCUT2D eigenvalue weighted by molar-refractivity contribution is 0.881. The number of nitrogens with zero attached hydrogens (tertiary/aromatic N) is 4. The number of aromatic nitrogens is 6. The van der Waals surface area contributed by atoms with Gasteiger partial charge in [-0.15, -0.1) is 5.10 Å². The van der Waals surface area contributed by atoms with E-state index in [2.05, 4.69) is 30.6 Å². The number of nitrogens with one attached hydrogen (secondary N) is 2. The summed E-state index contributed by atoms with van der Waals surface area (Å²) in [5, 5.41) is 12.8. The van der Waals surface area contributed by atoms with Gasteiger partial charge in [-0.2, -0.15) is 4.98 Å². The van der Waals surface area contributed by atoms with Crippen LogP contribution in [0.4, 0.5) is 0 Å². The second-order valence-corrected chi connectivity index (χ2v) is 2.03. The van der Waals surface area contributed by atoms with E-state index in [4.69, 9.17) is 0 Å². The van der Waals surface area contributed by atoms with E-state index in [1.807, 2.05) is 0 Å². The van der Waals surface area contributed by atoms with Crippen LogP contribution < -0.4 is 5.69 Å². The van der Waals surface area contributed by atoms with E-state index < -0.39 is 5.69 Å². The Bertz CT molecular complexity index is 418. The Morgan fingerprint density at radius 3 is 3.00 bits per heavy atom. The van der Waals surface area contributed by atoms with Crippen LogP contribution in [0.2, 0.25) is 0 Å². The van der Waals surface area contributed by atoms with Crippen LogP contribution >= 0.6 is 0 Å². The molecular formula is C5H4N6O. The van der Waals surface area contributed by atoms with E-state index in [-0.39, 0.29) is 0 Å². The molecule has 60 valence electrons. The van der Waals surface area contributed by atoms with Crippen molar-refractivity contribution in [3.05, 3.63) is 22.7 Å². The molecule has 0 saturated heterocycles. The average Bonchev–Trinajstić information content (AvgIpc) is 2.56. The van der Waals surface area contributed by atoms with Gasteiger partial charge in [-0.05, 0) is 16.5 Å². The van der Waals surface area contributed by atoms with Crippen LogP contribution in [0.15, 0.2) is 17.1 Å². The molecule has 0 amide bonds. The third-order valence-electron chi connectivity index (χ3n) is 1.26. The standard InChI is InChI=1S/C5H4N6O/c12-5-6-2-1-3(7-5)4-8-10-11-9-4/h1-2H,(H,6,7,12)(H,8,9,10,11). The van der Waals surface area contributed by atoms with Crippen molar-refractivity contribution in [3.8, 4) is 11.5 Å². The van der Waals surface area contributed by atoms with Crippen LogP contribution in [0.1, 0.15) is 0 Å². The van der Waals surface area contributed by atoms with Gasteiger partial charge in [0, 0.05) is 6.20 Å². The number of hydrogen-bond acceptors (Lipinski definition) is 5. The maximum absolute atomic E-state index is 10.7. The lowest BCUT2D eigenvalue weighted by Gasteiger charge is -1.89. The Hall–Kier alpha value is -2.05. The van der Waals surface area contributed by atoms with Crippen LogP contribution in [0.25, 0.3) is 11.5 Å². The zero-order valence-electron chi connectivity index (χ0n) is 5.85. The molecule has 0 bridgehead atoms. The van der Waals surface area contributed by atoms with Crippen molar-refractivity contribution >= 4 is 0 Å². The third kappa shape index (κ3) is 1.07. The van der Waals surface area contributed by atoms with E-state index in [9.17, 15) is 4.79 Å². The quantitative estimate of drug-likeness (QED) is 0.560. The van der Waals surface area contributed by atoms with Gasteiger partial charge in [-0.1, -0.05) is 0 Å². The lowest BCUT2D eigenvalue weighted by atomic mass is 10.4.